The molecule has 1 aliphatic rings. The van der Waals surface area contributed by atoms with Crippen molar-refractivity contribution >= 4 is 18.5 Å². The molecule has 1 rings (SSSR count). The third-order valence-electron chi connectivity index (χ3n) is 0.783. The summed E-state index contributed by atoms with van der Waals surface area (Å²) in [6.07, 6.45) is 0. The number of ether oxygens (including phenoxy) is 1. The Balaban J connectivity index is 2.36. The quantitative estimate of drug-likeness (QED) is 0.491. The monoisotopic (exact) mass is 117 g/mol. The fourth-order valence-electron chi connectivity index (χ4n) is 0.475. The van der Waals surface area contributed by atoms with E-state index in [4.69, 9.17) is 4.74 Å². The van der Waals surface area contributed by atoms with E-state index in [1.54, 1.807) is 0 Å². The number of hydrogen-bond acceptors (Lipinski definition) is 3. The Hall–Kier alpha value is -0.180. The Morgan fingerprint density at radius 2 is 2.71 bits per heavy atom. The average molecular weight is 117 g/mol. The Kier molecular flexibility index (Phi) is 1.57. The smallest absolute Gasteiger partial charge is 0.193 e. The lowest BCUT2D eigenvalue weighted by atomic mass is 10.7. The lowest BCUT2D eigenvalue weighted by Gasteiger charge is -1.91. The Morgan fingerprint density at radius 1 is 1.86 bits per heavy atom. The second-order valence-corrected chi connectivity index (χ2v) is 1.60. The number of aliphatic imine (C=N–C) groups is 1. The number of hydrogen-bond donors (Lipinski definition) is 1. The first kappa shape index (κ1) is 4.97. The van der Waals surface area contributed by atoms with Crippen LogP contribution in [0.25, 0.3) is 0 Å². The SMILES string of the molecule is SCC1=NCCO1. The van der Waals surface area contributed by atoms with Crippen LogP contribution in [0.5, 0.6) is 0 Å². The van der Waals surface area contributed by atoms with Crippen LogP contribution >= 0.6 is 12.6 Å². The van der Waals surface area contributed by atoms with E-state index < -0.39 is 0 Å². The lowest BCUT2D eigenvalue weighted by molar-refractivity contribution is 0.346. The van der Waals surface area contributed by atoms with Crippen LogP contribution in [0.4, 0.5) is 0 Å². The van der Waals surface area contributed by atoms with Gasteiger partial charge in [-0.2, -0.15) is 12.6 Å². The van der Waals surface area contributed by atoms with Gasteiger partial charge in [-0.3, -0.25) is 4.99 Å². The molecule has 0 aromatic carbocycles. The first-order valence-electron chi connectivity index (χ1n) is 2.20. The number of rotatable bonds is 1. The third-order valence-corrected chi connectivity index (χ3v) is 1.05. The summed E-state index contributed by atoms with van der Waals surface area (Å²) in [4.78, 5) is 3.97. The summed E-state index contributed by atoms with van der Waals surface area (Å²) in [5, 5.41) is 0. The molecule has 0 N–H and O–H groups in total. The van der Waals surface area contributed by atoms with Crippen molar-refractivity contribution in [3.05, 3.63) is 0 Å². The molecule has 3 heteroatoms. The van der Waals surface area contributed by atoms with E-state index in [0.29, 0.717) is 5.75 Å². The maximum absolute atomic E-state index is 4.98. The van der Waals surface area contributed by atoms with E-state index in [1.165, 1.54) is 0 Å². The minimum Gasteiger partial charge on any atom is -0.478 e. The van der Waals surface area contributed by atoms with Crippen LogP contribution in [0, 0.1) is 0 Å². The van der Waals surface area contributed by atoms with Crippen LogP contribution in [-0.2, 0) is 4.74 Å². The maximum Gasteiger partial charge on any atom is 0.193 e. The van der Waals surface area contributed by atoms with Crippen LogP contribution in [0.2, 0.25) is 0 Å². The van der Waals surface area contributed by atoms with Crippen LogP contribution in [0.15, 0.2) is 4.99 Å². The summed E-state index contributed by atoms with van der Waals surface area (Å²) in [5.74, 6) is 1.42. The van der Waals surface area contributed by atoms with Gasteiger partial charge in [-0.1, -0.05) is 0 Å². The molecule has 0 aromatic heterocycles. The molecule has 1 heterocycles. The molecule has 40 valence electrons. The van der Waals surface area contributed by atoms with Crippen LogP contribution in [0.3, 0.4) is 0 Å². The first-order chi connectivity index (χ1) is 3.43. The largest absolute Gasteiger partial charge is 0.478 e. The standard InChI is InChI=1S/C4H7NOS/c7-3-4-5-1-2-6-4/h7H,1-3H2. The lowest BCUT2D eigenvalue weighted by Crippen LogP contribution is -1.98. The van der Waals surface area contributed by atoms with Gasteiger partial charge >= 0.3 is 0 Å². The molecule has 0 aliphatic carbocycles. The predicted molar refractivity (Wildman–Crippen MR) is 32.1 cm³/mol. The minimum atomic E-state index is 0.639. The molecule has 0 aromatic rings. The topological polar surface area (TPSA) is 21.6 Å². The zero-order valence-electron chi connectivity index (χ0n) is 3.92. The number of thiol groups is 1. The Bertz CT molecular complexity index is 91.7. The van der Waals surface area contributed by atoms with Crippen molar-refractivity contribution in [2.75, 3.05) is 18.9 Å². The van der Waals surface area contributed by atoms with Crippen molar-refractivity contribution < 1.29 is 4.74 Å². The van der Waals surface area contributed by atoms with Gasteiger partial charge in [-0.15, -0.1) is 0 Å². The van der Waals surface area contributed by atoms with Crippen molar-refractivity contribution in [1.29, 1.82) is 0 Å². The van der Waals surface area contributed by atoms with Crippen LogP contribution in [-0.4, -0.2) is 24.8 Å². The van der Waals surface area contributed by atoms with Crippen molar-refractivity contribution in [1.82, 2.24) is 0 Å². The van der Waals surface area contributed by atoms with Gasteiger partial charge in [0.15, 0.2) is 5.90 Å². The molecule has 7 heavy (non-hydrogen) atoms. The molecular weight excluding hydrogens is 110 g/mol. The van der Waals surface area contributed by atoms with Gasteiger partial charge in [0.2, 0.25) is 0 Å². The molecule has 1 aliphatic heterocycles. The fourth-order valence-corrected chi connectivity index (χ4v) is 0.666. The highest BCUT2D eigenvalue weighted by Crippen LogP contribution is 1.93. The first-order valence-corrected chi connectivity index (χ1v) is 2.83. The van der Waals surface area contributed by atoms with Gasteiger partial charge in [0.05, 0.1) is 12.3 Å². The number of nitrogens with zero attached hydrogens (tertiary/aromatic N) is 1. The van der Waals surface area contributed by atoms with Crippen molar-refractivity contribution in [3.8, 4) is 0 Å². The molecular formula is C4H7NOS. The van der Waals surface area contributed by atoms with Gasteiger partial charge in [-0.25, -0.2) is 0 Å². The summed E-state index contributed by atoms with van der Waals surface area (Å²) >= 11 is 3.96. The van der Waals surface area contributed by atoms with E-state index in [0.717, 1.165) is 19.0 Å². The molecule has 2 nitrogen and oxygen atoms in total. The normalized spacial score (nSPS) is 18.7. The maximum atomic E-state index is 4.98. The predicted octanol–water partition coefficient (Wildman–Crippen LogP) is 0.345. The molecule has 0 atom stereocenters. The third kappa shape index (κ3) is 1.09. The van der Waals surface area contributed by atoms with Gasteiger partial charge in [0.25, 0.3) is 0 Å². The van der Waals surface area contributed by atoms with E-state index in [1.807, 2.05) is 0 Å². The molecule has 0 radical (unpaired) electrons. The molecule has 0 fully saturated rings. The zero-order chi connectivity index (χ0) is 5.11. The van der Waals surface area contributed by atoms with Gasteiger partial charge in [0, 0.05) is 0 Å². The summed E-state index contributed by atoms with van der Waals surface area (Å²) in [6, 6.07) is 0. The summed E-state index contributed by atoms with van der Waals surface area (Å²) in [5.41, 5.74) is 0. The zero-order valence-corrected chi connectivity index (χ0v) is 4.82. The summed E-state index contributed by atoms with van der Waals surface area (Å²) in [6.45, 7) is 1.56. The van der Waals surface area contributed by atoms with Crippen molar-refractivity contribution in [3.63, 3.8) is 0 Å². The Labute approximate surface area is 48.0 Å². The van der Waals surface area contributed by atoms with E-state index in [2.05, 4.69) is 17.6 Å². The van der Waals surface area contributed by atoms with Gasteiger partial charge in [0.1, 0.15) is 6.61 Å². The molecule has 0 amide bonds. The minimum absolute atomic E-state index is 0.639. The highest BCUT2D eigenvalue weighted by Gasteiger charge is 2.01. The van der Waals surface area contributed by atoms with Crippen LogP contribution < -0.4 is 0 Å². The van der Waals surface area contributed by atoms with E-state index >= 15 is 0 Å². The molecule has 0 unspecified atom stereocenters. The van der Waals surface area contributed by atoms with Gasteiger partial charge < -0.3 is 4.74 Å². The summed E-state index contributed by atoms with van der Waals surface area (Å²) in [7, 11) is 0. The van der Waals surface area contributed by atoms with E-state index in [-0.39, 0.29) is 0 Å². The Morgan fingerprint density at radius 3 is 3.00 bits per heavy atom. The molecule has 0 spiro atoms. The van der Waals surface area contributed by atoms with E-state index in [9.17, 15) is 0 Å². The highest BCUT2D eigenvalue weighted by atomic mass is 32.1. The molecule has 0 saturated heterocycles. The summed E-state index contributed by atoms with van der Waals surface area (Å²) < 4.78 is 4.98. The fraction of sp³-hybridized carbons (Fsp3) is 0.750. The van der Waals surface area contributed by atoms with Gasteiger partial charge in [-0.05, 0) is 0 Å². The van der Waals surface area contributed by atoms with Crippen molar-refractivity contribution in [2.45, 2.75) is 0 Å². The van der Waals surface area contributed by atoms with Crippen LogP contribution in [0.1, 0.15) is 0 Å². The molecule has 0 saturated carbocycles. The second kappa shape index (κ2) is 2.21. The average Bonchev–Trinajstić information content (AvgIpc) is 2.14. The second-order valence-electron chi connectivity index (χ2n) is 1.28. The molecule has 0 bridgehead atoms. The van der Waals surface area contributed by atoms with Crippen molar-refractivity contribution in [2.24, 2.45) is 4.99 Å². The highest BCUT2D eigenvalue weighted by molar-refractivity contribution is 7.81.